The highest BCUT2D eigenvalue weighted by Crippen LogP contribution is 2.37. The quantitative estimate of drug-likeness (QED) is 0.352. The highest BCUT2D eigenvalue weighted by atomic mass is 35.5. The molecule has 0 bridgehead atoms. The Labute approximate surface area is 173 Å². The van der Waals surface area contributed by atoms with Gasteiger partial charge in [0.25, 0.3) is 11.1 Å². The fourth-order valence-corrected chi connectivity index (χ4v) is 3.89. The summed E-state index contributed by atoms with van der Waals surface area (Å²) < 4.78 is 0. The molecule has 0 fully saturated rings. The van der Waals surface area contributed by atoms with Gasteiger partial charge in [-0.25, -0.2) is 9.97 Å². The van der Waals surface area contributed by atoms with Crippen LogP contribution in [0, 0.1) is 0 Å². The first-order valence-corrected chi connectivity index (χ1v) is 10.8. The Morgan fingerprint density at radius 1 is 0.929 bits per heavy atom. The van der Waals surface area contributed by atoms with Crippen molar-refractivity contribution in [3.8, 4) is 0 Å². The third-order valence-corrected chi connectivity index (χ3v) is 5.61. The molecule has 0 spiro atoms. The van der Waals surface area contributed by atoms with Gasteiger partial charge >= 0.3 is 0 Å². The molecule has 3 rings (SSSR count). The van der Waals surface area contributed by atoms with Crippen molar-refractivity contribution in [2.45, 2.75) is 16.2 Å². The van der Waals surface area contributed by atoms with Crippen molar-refractivity contribution in [3.05, 3.63) is 66.7 Å². The maximum atomic E-state index is 12.9. The molecule has 0 saturated carbocycles. The van der Waals surface area contributed by atoms with E-state index in [2.05, 4.69) is 19.9 Å². The molecule has 8 nitrogen and oxygen atoms in total. The van der Waals surface area contributed by atoms with Gasteiger partial charge in [0.2, 0.25) is 0 Å². The molecule has 3 aromatic rings. The smallest absolute Gasteiger partial charge is 0.257 e. The molecule has 146 valence electrons. The summed E-state index contributed by atoms with van der Waals surface area (Å²) in [7, 11) is 0. The number of nitrogens with two attached hydrogens (primary N) is 2. The Balaban J connectivity index is 2.39. The second-order valence-corrected chi connectivity index (χ2v) is 7.70. The van der Waals surface area contributed by atoms with Crippen LogP contribution in [0.3, 0.4) is 0 Å². The molecule has 6 N–H and O–H groups in total. The first-order chi connectivity index (χ1) is 13.4. The molecule has 0 atom stereocenters. The van der Waals surface area contributed by atoms with Gasteiger partial charge in [-0.1, -0.05) is 53.3 Å². The van der Waals surface area contributed by atoms with E-state index in [1.165, 1.54) is 23.5 Å². The zero-order chi connectivity index (χ0) is 20.4. The summed E-state index contributed by atoms with van der Waals surface area (Å²) in [5.74, 6) is -0.954. The van der Waals surface area contributed by atoms with Crippen molar-refractivity contribution in [2.75, 3.05) is 24.0 Å². The van der Waals surface area contributed by atoms with Gasteiger partial charge in [0.05, 0.1) is 17.0 Å². The topological polar surface area (TPSA) is 144 Å². The average Bonchev–Trinajstić information content (AvgIpc) is 2.65. The molecule has 0 aliphatic rings. The summed E-state index contributed by atoms with van der Waals surface area (Å²) >= 11 is 8.88. The van der Waals surface area contributed by atoms with Gasteiger partial charge in [0, 0.05) is 5.02 Å². The Morgan fingerprint density at radius 3 is 1.79 bits per heavy atom. The van der Waals surface area contributed by atoms with E-state index in [1.807, 2.05) is 0 Å². The van der Waals surface area contributed by atoms with E-state index < -0.39 is 17.0 Å². The van der Waals surface area contributed by atoms with Gasteiger partial charge in [-0.3, -0.25) is 9.59 Å². The lowest BCUT2D eigenvalue weighted by Gasteiger charge is -2.20. The van der Waals surface area contributed by atoms with Gasteiger partial charge in [0.1, 0.15) is 11.6 Å². The number of anilines is 2. The third kappa shape index (κ3) is 3.75. The van der Waals surface area contributed by atoms with Crippen LogP contribution >= 0.6 is 35.1 Å². The van der Waals surface area contributed by atoms with Crippen LogP contribution in [0.25, 0.3) is 0 Å². The number of benzene rings is 1. The third-order valence-electron chi connectivity index (χ3n) is 4.11. The normalized spacial score (nSPS) is 11.1. The molecule has 0 aliphatic heterocycles. The molecular weight excluding hydrogens is 420 g/mol. The molecule has 11 heteroatoms. The van der Waals surface area contributed by atoms with E-state index in [0.29, 0.717) is 20.9 Å². The van der Waals surface area contributed by atoms with Crippen LogP contribution in [0.1, 0.15) is 22.6 Å². The minimum Gasteiger partial charge on any atom is -0.383 e. The fraction of sp³-hybridized carbons (Fsp3) is 0.176. The van der Waals surface area contributed by atoms with Gasteiger partial charge in [-0.05, 0) is 24.1 Å². The number of halogens is 1. The Kier molecular flexibility index (Phi) is 6.01. The van der Waals surface area contributed by atoms with Crippen molar-refractivity contribution >= 4 is 46.8 Å². The molecule has 0 radical (unpaired) electrons. The van der Waals surface area contributed by atoms with Crippen LogP contribution in [0.2, 0.25) is 5.02 Å². The standard InChI is InChI=1S/C17H17ClN6O2S2/c1-27-16-21-12(19)10(14(25)23-16)9(7-5-3-4-6-8(7)18)11-13(20)22-17(28-2)24-15(11)26/h3-6,9H,1-2H3,(H3,19,21,23,25)(H3,20,22,24,26). The predicted molar refractivity (Wildman–Crippen MR) is 114 cm³/mol. The summed E-state index contributed by atoms with van der Waals surface area (Å²) in [6.07, 6.45) is 3.52. The lowest BCUT2D eigenvalue weighted by molar-refractivity contribution is 0.831. The van der Waals surface area contributed by atoms with E-state index in [0.717, 1.165) is 0 Å². The van der Waals surface area contributed by atoms with Crippen molar-refractivity contribution in [3.63, 3.8) is 0 Å². The maximum absolute atomic E-state index is 12.9. The first kappa shape index (κ1) is 20.3. The maximum Gasteiger partial charge on any atom is 0.257 e. The monoisotopic (exact) mass is 436 g/mol. The lowest BCUT2D eigenvalue weighted by atomic mass is 9.86. The van der Waals surface area contributed by atoms with E-state index in [1.54, 1.807) is 36.8 Å². The van der Waals surface area contributed by atoms with E-state index in [4.69, 9.17) is 23.1 Å². The fourth-order valence-electron chi connectivity index (χ4n) is 2.87. The first-order valence-electron chi connectivity index (χ1n) is 7.99. The number of aromatic nitrogens is 4. The predicted octanol–water partition coefficient (Wildman–Crippen LogP) is 2.29. The van der Waals surface area contributed by atoms with Crippen LogP contribution in [-0.4, -0.2) is 32.4 Å². The van der Waals surface area contributed by atoms with Gasteiger partial charge in [-0.2, -0.15) is 0 Å². The molecule has 0 saturated heterocycles. The molecule has 0 unspecified atom stereocenters. The number of rotatable bonds is 5. The van der Waals surface area contributed by atoms with Crippen molar-refractivity contribution in [1.82, 2.24) is 19.9 Å². The molecule has 0 amide bonds. The number of nitrogens with zero attached hydrogens (tertiary/aromatic N) is 2. The Bertz CT molecular complexity index is 1080. The van der Waals surface area contributed by atoms with Crippen LogP contribution < -0.4 is 22.6 Å². The van der Waals surface area contributed by atoms with E-state index in [9.17, 15) is 9.59 Å². The number of thioether (sulfide) groups is 2. The van der Waals surface area contributed by atoms with Crippen LogP contribution in [0.15, 0.2) is 44.2 Å². The summed E-state index contributed by atoms with van der Waals surface area (Å²) in [6, 6.07) is 6.85. The highest BCUT2D eigenvalue weighted by Gasteiger charge is 2.30. The number of hydrogen-bond acceptors (Lipinski definition) is 8. The molecule has 2 aromatic heterocycles. The van der Waals surface area contributed by atoms with Gasteiger partial charge < -0.3 is 21.4 Å². The Morgan fingerprint density at radius 2 is 1.39 bits per heavy atom. The number of nitrogens with one attached hydrogen (secondary N) is 2. The summed E-state index contributed by atoms with van der Waals surface area (Å²) in [4.78, 5) is 39.5. The second kappa shape index (κ2) is 8.29. The van der Waals surface area contributed by atoms with Crippen LogP contribution in [0.5, 0.6) is 0 Å². The van der Waals surface area contributed by atoms with Crippen LogP contribution in [0.4, 0.5) is 11.6 Å². The minimum atomic E-state index is -0.937. The highest BCUT2D eigenvalue weighted by molar-refractivity contribution is 7.98. The number of hydrogen-bond donors (Lipinski definition) is 4. The summed E-state index contributed by atoms with van der Waals surface area (Å²) in [6.45, 7) is 0. The molecular formula is C17H17ClN6O2S2. The molecule has 1 aromatic carbocycles. The van der Waals surface area contributed by atoms with E-state index in [-0.39, 0.29) is 22.8 Å². The molecule has 0 aliphatic carbocycles. The van der Waals surface area contributed by atoms with E-state index >= 15 is 0 Å². The van der Waals surface area contributed by atoms with Crippen LogP contribution in [-0.2, 0) is 0 Å². The zero-order valence-electron chi connectivity index (χ0n) is 14.9. The SMILES string of the molecule is CSc1nc(N)c(C(c2ccccc2Cl)c2c(N)nc(SC)[nH]c2=O)c(=O)[nH]1. The zero-order valence-corrected chi connectivity index (χ0v) is 17.3. The number of aromatic amines is 2. The largest absolute Gasteiger partial charge is 0.383 e. The number of H-pyrrole nitrogens is 2. The average molecular weight is 437 g/mol. The second-order valence-electron chi connectivity index (χ2n) is 5.70. The molecule has 2 heterocycles. The minimum absolute atomic E-state index is 0.00855. The van der Waals surface area contributed by atoms with Gasteiger partial charge in [0.15, 0.2) is 10.3 Å². The number of nitrogen functional groups attached to an aromatic ring is 2. The summed E-state index contributed by atoms with van der Waals surface area (Å²) in [5, 5.41) is 1.08. The lowest BCUT2D eigenvalue weighted by Crippen LogP contribution is -2.28. The van der Waals surface area contributed by atoms with Crippen molar-refractivity contribution < 1.29 is 0 Å². The van der Waals surface area contributed by atoms with Crippen molar-refractivity contribution in [2.24, 2.45) is 0 Å². The summed E-state index contributed by atoms with van der Waals surface area (Å²) in [5.41, 5.74) is 11.9. The Hall–Kier alpha value is -2.43. The van der Waals surface area contributed by atoms with Crippen molar-refractivity contribution in [1.29, 1.82) is 0 Å². The molecule has 28 heavy (non-hydrogen) atoms. The van der Waals surface area contributed by atoms with Gasteiger partial charge in [-0.15, -0.1) is 0 Å².